The average molecular weight is 268 g/mol. The summed E-state index contributed by atoms with van der Waals surface area (Å²) >= 11 is 0. The van der Waals surface area contributed by atoms with Crippen molar-refractivity contribution >= 4 is 10.8 Å². The fourth-order valence-electron chi connectivity index (χ4n) is 3.25. The van der Waals surface area contributed by atoms with E-state index >= 15 is 0 Å². The molecule has 2 heteroatoms. The molecule has 1 aromatic heterocycles. The van der Waals surface area contributed by atoms with Crippen molar-refractivity contribution < 1.29 is 0 Å². The molecular formula is C18H24N2. The molecular weight excluding hydrogens is 244 g/mol. The quantitative estimate of drug-likeness (QED) is 0.873. The molecule has 0 amide bonds. The Morgan fingerprint density at radius 1 is 1.35 bits per heavy atom. The van der Waals surface area contributed by atoms with E-state index in [2.05, 4.69) is 55.3 Å². The number of nitrogens with zero attached hydrogens (tertiary/aromatic N) is 1. The highest BCUT2D eigenvalue weighted by Crippen LogP contribution is 2.58. The Balaban J connectivity index is 2.00. The van der Waals surface area contributed by atoms with Crippen molar-refractivity contribution in [3.63, 3.8) is 0 Å². The molecule has 20 heavy (non-hydrogen) atoms. The summed E-state index contributed by atoms with van der Waals surface area (Å²) in [5.74, 6) is 0.736. The Kier molecular flexibility index (Phi) is 3.51. The smallest absolute Gasteiger partial charge is 0.0360 e. The zero-order valence-corrected chi connectivity index (χ0v) is 12.7. The maximum absolute atomic E-state index is 4.32. The van der Waals surface area contributed by atoms with Crippen molar-refractivity contribution in [3.05, 3.63) is 42.2 Å². The summed E-state index contributed by atoms with van der Waals surface area (Å²) in [6.45, 7) is 8.06. The van der Waals surface area contributed by atoms with E-state index in [1.54, 1.807) is 0 Å². The van der Waals surface area contributed by atoms with E-state index in [0.717, 1.165) is 12.5 Å². The topological polar surface area (TPSA) is 24.9 Å². The summed E-state index contributed by atoms with van der Waals surface area (Å²) in [5, 5.41) is 6.36. The van der Waals surface area contributed by atoms with Crippen LogP contribution in [0.5, 0.6) is 0 Å². The Labute approximate surface area is 121 Å². The van der Waals surface area contributed by atoms with Gasteiger partial charge in [-0.05, 0) is 47.7 Å². The molecule has 1 aromatic carbocycles. The van der Waals surface area contributed by atoms with E-state index in [-0.39, 0.29) is 0 Å². The van der Waals surface area contributed by atoms with Gasteiger partial charge in [-0.3, -0.25) is 4.98 Å². The molecule has 2 unspecified atom stereocenters. The number of benzene rings is 1. The van der Waals surface area contributed by atoms with Crippen LogP contribution in [0.2, 0.25) is 0 Å². The SMILES string of the molecule is CCCNC(c1cccc2ccncc12)C1CC1(C)C. The van der Waals surface area contributed by atoms with Gasteiger partial charge >= 0.3 is 0 Å². The zero-order chi connectivity index (χ0) is 14.2. The zero-order valence-electron chi connectivity index (χ0n) is 12.7. The molecule has 0 spiro atoms. The number of hydrogen-bond acceptors (Lipinski definition) is 2. The third-order valence-electron chi connectivity index (χ3n) is 4.66. The largest absolute Gasteiger partial charge is 0.310 e. The number of hydrogen-bond donors (Lipinski definition) is 1. The molecule has 0 bridgehead atoms. The van der Waals surface area contributed by atoms with E-state index in [1.807, 2.05) is 12.4 Å². The highest BCUT2D eigenvalue weighted by molar-refractivity contribution is 5.85. The fraction of sp³-hybridized carbons (Fsp3) is 0.500. The second kappa shape index (κ2) is 5.17. The summed E-state index contributed by atoms with van der Waals surface area (Å²) in [7, 11) is 0. The third kappa shape index (κ3) is 2.45. The number of aromatic nitrogens is 1. The summed E-state index contributed by atoms with van der Waals surface area (Å²) in [6.07, 6.45) is 6.38. The van der Waals surface area contributed by atoms with Crippen LogP contribution in [0.15, 0.2) is 36.7 Å². The molecule has 1 aliphatic rings. The lowest BCUT2D eigenvalue weighted by molar-refractivity contribution is 0.418. The normalized spacial score (nSPS) is 21.9. The lowest BCUT2D eigenvalue weighted by Crippen LogP contribution is -2.25. The maximum Gasteiger partial charge on any atom is 0.0360 e. The highest BCUT2D eigenvalue weighted by atomic mass is 14.9. The van der Waals surface area contributed by atoms with E-state index < -0.39 is 0 Å². The molecule has 1 N–H and O–H groups in total. The molecule has 2 atom stereocenters. The average Bonchev–Trinajstić information content (AvgIpc) is 3.08. The molecule has 2 nitrogen and oxygen atoms in total. The predicted molar refractivity (Wildman–Crippen MR) is 84.7 cm³/mol. The van der Waals surface area contributed by atoms with Gasteiger partial charge < -0.3 is 5.32 Å². The third-order valence-corrected chi connectivity index (χ3v) is 4.66. The molecule has 106 valence electrons. The van der Waals surface area contributed by atoms with Crippen LogP contribution >= 0.6 is 0 Å². The van der Waals surface area contributed by atoms with Crippen LogP contribution in [0.4, 0.5) is 0 Å². The van der Waals surface area contributed by atoms with Gasteiger partial charge in [0, 0.05) is 23.8 Å². The second-order valence-electron chi connectivity index (χ2n) is 6.68. The van der Waals surface area contributed by atoms with Gasteiger partial charge in [0.1, 0.15) is 0 Å². The van der Waals surface area contributed by atoms with Crippen molar-refractivity contribution in [1.82, 2.24) is 10.3 Å². The molecule has 1 fully saturated rings. The van der Waals surface area contributed by atoms with Crippen LogP contribution < -0.4 is 5.32 Å². The highest BCUT2D eigenvalue weighted by Gasteiger charge is 2.50. The van der Waals surface area contributed by atoms with E-state index in [4.69, 9.17) is 0 Å². The Morgan fingerprint density at radius 3 is 2.85 bits per heavy atom. The second-order valence-corrected chi connectivity index (χ2v) is 6.68. The minimum atomic E-state index is 0.456. The predicted octanol–water partition coefficient (Wildman–Crippen LogP) is 4.32. The minimum Gasteiger partial charge on any atom is -0.310 e. The van der Waals surface area contributed by atoms with Crippen LogP contribution in [-0.4, -0.2) is 11.5 Å². The standard InChI is InChI=1S/C18H24N2/c1-4-9-20-17(16-11-18(16,2)3)14-7-5-6-13-8-10-19-12-15(13)14/h5-8,10,12,16-17,20H,4,9,11H2,1-3H3. The summed E-state index contributed by atoms with van der Waals surface area (Å²) in [5.41, 5.74) is 1.88. The number of fused-ring (bicyclic) bond motifs is 1. The van der Waals surface area contributed by atoms with Gasteiger partial charge in [-0.15, -0.1) is 0 Å². The molecule has 0 radical (unpaired) electrons. The summed E-state index contributed by atoms with van der Waals surface area (Å²) < 4.78 is 0. The lowest BCUT2D eigenvalue weighted by atomic mass is 9.93. The molecule has 1 heterocycles. The van der Waals surface area contributed by atoms with Gasteiger partial charge in [-0.2, -0.15) is 0 Å². The Hall–Kier alpha value is -1.41. The van der Waals surface area contributed by atoms with Crippen LogP contribution in [-0.2, 0) is 0 Å². The first kappa shape index (κ1) is 13.6. The van der Waals surface area contributed by atoms with Crippen LogP contribution in [0.25, 0.3) is 10.8 Å². The van der Waals surface area contributed by atoms with Gasteiger partial charge in [0.25, 0.3) is 0 Å². The van der Waals surface area contributed by atoms with Gasteiger partial charge in [-0.1, -0.05) is 39.0 Å². The van der Waals surface area contributed by atoms with Gasteiger partial charge in [-0.25, -0.2) is 0 Å². The lowest BCUT2D eigenvalue weighted by Gasteiger charge is -2.22. The van der Waals surface area contributed by atoms with E-state index in [1.165, 1.54) is 29.2 Å². The van der Waals surface area contributed by atoms with Gasteiger partial charge in [0.05, 0.1) is 0 Å². The first-order chi connectivity index (χ1) is 9.63. The van der Waals surface area contributed by atoms with Crippen LogP contribution in [0.3, 0.4) is 0 Å². The van der Waals surface area contributed by atoms with Gasteiger partial charge in [0.15, 0.2) is 0 Å². The van der Waals surface area contributed by atoms with Crippen molar-refractivity contribution in [2.75, 3.05) is 6.54 Å². The molecule has 1 saturated carbocycles. The van der Waals surface area contributed by atoms with E-state index in [0.29, 0.717) is 11.5 Å². The Morgan fingerprint density at radius 2 is 2.15 bits per heavy atom. The molecule has 3 rings (SSSR count). The Bertz CT molecular complexity index is 598. The molecule has 0 saturated heterocycles. The first-order valence-electron chi connectivity index (χ1n) is 7.69. The monoisotopic (exact) mass is 268 g/mol. The van der Waals surface area contributed by atoms with Crippen molar-refractivity contribution in [2.24, 2.45) is 11.3 Å². The van der Waals surface area contributed by atoms with Crippen molar-refractivity contribution in [2.45, 2.75) is 39.7 Å². The maximum atomic E-state index is 4.32. The number of pyridine rings is 1. The first-order valence-corrected chi connectivity index (χ1v) is 7.69. The van der Waals surface area contributed by atoms with Crippen LogP contribution in [0.1, 0.15) is 45.2 Å². The number of nitrogens with one attached hydrogen (secondary N) is 1. The van der Waals surface area contributed by atoms with Crippen molar-refractivity contribution in [1.29, 1.82) is 0 Å². The fourth-order valence-corrected chi connectivity index (χ4v) is 3.25. The molecule has 2 aromatic rings. The van der Waals surface area contributed by atoms with Crippen molar-refractivity contribution in [3.8, 4) is 0 Å². The minimum absolute atomic E-state index is 0.456. The summed E-state index contributed by atoms with van der Waals surface area (Å²) in [4.78, 5) is 4.32. The summed E-state index contributed by atoms with van der Waals surface area (Å²) in [6, 6.07) is 9.18. The van der Waals surface area contributed by atoms with E-state index in [9.17, 15) is 0 Å². The molecule has 0 aliphatic heterocycles. The van der Waals surface area contributed by atoms with Crippen LogP contribution in [0, 0.1) is 11.3 Å². The molecule has 1 aliphatic carbocycles. The number of rotatable bonds is 5. The van der Waals surface area contributed by atoms with Gasteiger partial charge in [0.2, 0.25) is 0 Å².